The lowest BCUT2D eigenvalue weighted by molar-refractivity contribution is -0.146. The van der Waals surface area contributed by atoms with Crippen molar-refractivity contribution in [1.29, 1.82) is 0 Å². The number of halogens is 2. The molecule has 0 aliphatic heterocycles. The average molecular weight is 423 g/mol. The number of amides is 2. The standard InChI is InChI=1S/C22H28Cl2N2O2/c1-26(13-14-2-3-18(23)19(24)9-14)20(27)4-5-25-21(28)22-10-15-6-16(11-22)8-17(7-15)12-22/h2-3,9,15-17H,4-8,10-13H2,1H3,(H,25,28). The maximum absolute atomic E-state index is 12.9. The molecule has 4 nitrogen and oxygen atoms in total. The number of carbonyl (C=O) groups is 2. The maximum atomic E-state index is 12.9. The molecule has 1 N–H and O–H groups in total. The summed E-state index contributed by atoms with van der Waals surface area (Å²) < 4.78 is 0. The van der Waals surface area contributed by atoms with Crippen molar-refractivity contribution in [2.45, 2.75) is 51.5 Å². The van der Waals surface area contributed by atoms with Crippen molar-refractivity contribution >= 4 is 35.0 Å². The van der Waals surface area contributed by atoms with E-state index in [2.05, 4.69) is 5.32 Å². The normalized spacial score (nSPS) is 30.3. The lowest BCUT2D eigenvalue weighted by atomic mass is 9.49. The van der Waals surface area contributed by atoms with E-state index in [0.717, 1.165) is 42.6 Å². The summed E-state index contributed by atoms with van der Waals surface area (Å²) in [5.74, 6) is 2.44. The Kier molecular flexibility index (Phi) is 5.63. The molecule has 0 spiro atoms. The summed E-state index contributed by atoms with van der Waals surface area (Å²) in [7, 11) is 1.77. The first-order chi connectivity index (χ1) is 13.3. The van der Waals surface area contributed by atoms with Gasteiger partial charge in [0.25, 0.3) is 0 Å². The quantitative estimate of drug-likeness (QED) is 0.723. The molecule has 6 heteroatoms. The van der Waals surface area contributed by atoms with Gasteiger partial charge in [-0.15, -0.1) is 0 Å². The van der Waals surface area contributed by atoms with Crippen molar-refractivity contribution in [1.82, 2.24) is 10.2 Å². The summed E-state index contributed by atoms with van der Waals surface area (Å²) in [5.41, 5.74) is 0.784. The minimum atomic E-state index is -0.149. The van der Waals surface area contributed by atoms with E-state index in [0.29, 0.717) is 29.6 Å². The van der Waals surface area contributed by atoms with E-state index >= 15 is 0 Å². The number of benzene rings is 1. The van der Waals surface area contributed by atoms with Crippen LogP contribution in [0.2, 0.25) is 10.0 Å². The second-order valence-corrected chi connectivity index (χ2v) is 10.0. The number of hydrogen-bond donors (Lipinski definition) is 1. The van der Waals surface area contributed by atoms with Crippen LogP contribution in [0, 0.1) is 23.2 Å². The third-order valence-electron chi connectivity index (χ3n) is 6.97. The van der Waals surface area contributed by atoms with E-state index in [1.807, 2.05) is 6.07 Å². The lowest BCUT2D eigenvalue weighted by Gasteiger charge is -2.55. The molecular formula is C22H28Cl2N2O2. The Labute approximate surface area is 176 Å². The van der Waals surface area contributed by atoms with E-state index in [1.54, 1.807) is 24.1 Å². The van der Waals surface area contributed by atoms with Crippen molar-refractivity contribution in [3.05, 3.63) is 33.8 Å². The third kappa shape index (κ3) is 4.04. The predicted molar refractivity (Wildman–Crippen MR) is 111 cm³/mol. The number of nitrogens with zero attached hydrogens (tertiary/aromatic N) is 1. The van der Waals surface area contributed by atoms with Gasteiger partial charge in [0.2, 0.25) is 11.8 Å². The smallest absolute Gasteiger partial charge is 0.226 e. The molecule has 0 radical (unpaired) electrons. The first kappa shape index (κ1) is 20.0. The van der Waals surface area contributed by atoms with Crippen molar-refractivity contribution in [2.75, 3.05) is 13.6 Å². The van der Waals surface area contributed by atoms with Crippen LogP contribution in [0.15, 0.2) is 18.2 Å². The van der Waals surface area contributed by atoms with Gasteiger partial charge in [-0.05, 0) is 74.0 Å². The zero-order valence-electron chi connectivity index (χ0n) is 16.3. The summed E-state index contributed by atoms with van der Waals surface area (Å²) >= 11 is 12.0. The largest absolute Gasteiger partial charge is 0.355 e. The molecule has 0 saturated heterocycles. The molecule has 28 heavy (non-hydrogen) atoms. The van der Waals surface area contributed by atoms with Crippen LogP contribution in [0.25, 0.3) is 0 Å². The van der Waals surface area contributed by atoms with Gasteiger partial charge in [0.15, 0.2) is 0 Å². The molecule has 4 aliphatic rings. The first-order valence-corrected chi connectivity index (χ1v) is 11.1. The topological polar surface area (TPSA) is 49.4 Å². The molecule has 0 atom stereocenters. The van der Waals surface area contributed by atoms with Crippen LogP contribution >= 0.6 is 23.2 Å². The summed E-state index contributed by atoms with van der Waals surface area (Å²) in [4.78, 5) is 27.1. The molecular weight excluding hydrogens is 395 g/mol. The highest BCUT2D eigenvalue weighted by Gasteiger charge is 2.54. The van der Waals surface area contributed by atoms with E-state index in [9.17, 15) is 9.59 Å². The van der Waals surface area contributed by atoms with E-state index in [4.69, 9.17) is 23.2 Å². The number of hydrogen-bond acceptors (Lipinski definition) is 2. The summed E-state index contributed by atoms with van der Waals surface area (Å²) in [6.07, 6.45) is 7.44. The van der Waals surface area contributed by atoms with Gasteiger partial charge in [-0.3, -0.25) is 9.59 Å². The SMILES string of the molecule is CN(Cc1ccc(Cl)c(Cl)c1)C(=O)CCNC(=O)C12CC3CC(CC(C3)C1)C2. The molecule has 4 saturated carbocycles. The molecule has 1 aromatic carbocycles. The van der Waals surface area contributed by atoms with Crippen LogP contribution in [0.1, 0.15) is 50.5 Å². The van der Waals surface area contributed by atoms with Gasteiger partial charge in [-0.1, -0.05) is 29.3 Å². The number of carbonyl (C=O) groups excluding carboxylic acids is 2. The van der Waals surface area contributed by atoms with Gasteiger partial charge in [-0.2, -0.15) is 0 Å². The first-order valence-electron chi connectivity index (χ1n) is 10.3. The molecule has 4 aliphatic carbocycles. The highest BCUT2D eigenvalue weighted by molar-refractivity contribution is 6.42. The average Bonchev–Trinajstić information content (AvgIpc) is 2.63. The van der Waals surface area contributed by atoms with Crippen LogP contribution in [0.3, 0.4) is 0 Å². The highest BCUT2D eigenvalue weighted by Crippen LogP contribution is 2.60. The Bertz CT molecular complexity index is 745. The van der Waals surface area contributed by atoms with Crippen LogP contribution in [-0.2, 0) is 16.1 Å². The van der Waals surface area contributed by atoms with Gasteiger partial charge in [-0.25, -0.2) is 0 Å². The van der Waals surface area contributed by atoms with Crippen LogP contribution in [-0.4, -0.2) is 30.3 Å². The molecule has 2 amide bonds. The Morgan fingerprint density at radius 2 is 1.68 bits per heavy atom. The second kappa shape index (κ2) is 7.87. The summed E-state index contributed by atoms with van der Waals surface area (Å²) in [5, 5.41) is 4.08. The fourth-order valence-electron chi connectivity index (χ4n) is 6.05. The Hall–Kier alpha value is -1.26. The van der Waals surface area contributed by atoms with Crippen molar-refractivity contribution in [3.63, 3.8) is 0 Å². The zero-order chi connectivity index (χ0) is 19.9. The van der Waals surface area contributed by atoms with E-state index < -0.39 is 0 Å². The van der Waals surface area contributed by atoms with Crippen molar-refractivity contribution < 1.29 is 9.59 Å². The Balaban J connectivity index is 1.26. The molecule has 0 unspecified atom stereocenters. The molecule has 1 aromatic rings. The summed E-state index contributed by atoms with van der Waals surface area (Å²) in [6.45, 7) is 0.879. The molecule has 5 rings (SSSR count). The van der Waals surface area contributed by atoms with Crippen molar-refractivity contribution in [2.24, 2.45) is 23.2 Å². The van der Waals surface area contributed by atoms with E-state index in [-0.39, 0.29) is 17.2 Å². The van der Waals surface area contributed by atoms with Gasteiger partial charge in [0.1, 0.15) is 0 Å². The monoisotopic (exact) mass is 422 g/mol. The molecule has 4 bridgehead atoms. The van der Waals surface area contributed by atoms with E-state index in [1.165, 1.54) is 19.3 Å². The predicted octanol–water partition coefficient (Wildman–Crippen LogP) is 4.67. The molecule has 4 fully saturated rings. The molecule has 152 valence electrons. The van der Waals surface area contributed by atoms with Gasteiger partial charge in [0, 0.05) is 32.0 Å². The molecule has 0 heterocycles. The van der Waals surface area contributed by atoms with Gasteiger partial charge in [0.05, 0.1) is 10.0 Å². The second-order valence-electron chi connectivity index (χ2n) is 9.20. The zero-order valence-corrected chi connectivity index (χ0v) is 17.9. The fraction of sp³-hybridized carbons (Fsp3) is 0.636. The third-order valence-corrected chi connectivity index (χ3v) is 7.71. The highest BCUT2D eigenvalue weighted by atomic mass is 35.5. The van der Waals surface area contributed by atoms with Crippen LogP contribution < -0.4 is 5.32 Å². The lowest BCUT2D eigenvalue weighted by Crippen LogP contribution is -2.53. The Morgan fingerprint density at radius 1 is 1.07 bits per heavy atom. The maximum Gasteiger partial charge on any atom is 0.226 e. The summed E-state index contributed by atoms with van der Waals surface area (Å²) in [6, 6.07) is 5.39. The van der Waals surface area contributed by atoms with Crippen molar-refractivity contribution in [3.8, 4) is 0 Å². The van der Waals surface area contributed by atoms with Crippen LogP contribution in [0.5, 0.6) is 0 Å². The number of nitrogens with one attached hydrogen (secondary N) is 1. The molecule has 0 aromatic heterocycles. The Morgan fingerprint density at radius 3 is 2.25 bits per heavy atom. The van der Waals surface area contributed by atoms with Gasteiger partial charge >= 0.3 is 0 Å². The van der Waals surface area contributed by atoms with Crippen LogP contribution in [0.4, 0.5) is 0 Å². The number of rotatable bonds is 6. The minimum absolute atomic E-state index is 0.0110. The van der Waals surface area contributed by atoms with Gasteiger partial charge < -0.3 is 10.2 Å². The minimum Gasteiger partial charge on any atom is -0.355 e. The fourth-order valence-corrected chi connectivity index (χ4v) is 6.37.